The van der Waals surface area contributed by atoms with Crippen LogP contribution in [0.2, 0.25) is 0 Å². The van der Waals surface area contributed by atoms with Crippen LogP contribution in [0.1, 0.15) is 20.8 Å². The maximum atomic E-state index is 11.9. The van der Waals surface area contributed by atoms with E-state index in [-0.39, 0.29) is 10.9 Å². The first kappa shape index (κ1) is 17.7. The molecule has 6 nitrogen and oxygen atoms in total. The molecule has 0 radical (unpaired) electrons. The highest BCUT2D eigenvalue weighted by Crippen LogP contribution is 2.24. The molecule has 120 valence electrons. The molecule has 0 saturated carbocycles. The molecule has 1 aromatic carbocycles. The average Bonchev–Trinajstić information content (AvgIpc) is 2.44. The number of nitrogens with two attached hydrogens (primary N) is 1. The van der Waals surface area contributed by atoms with Crippen LogP contribution >= 0.6 is 0 Å². The SMILES string of the molecule is CCOCC(Nc1cc(S(=O)(=O)NC)ccc1N)C(C)C. The summed E-state index contributed by atoms with van der Waals surface area (Å²) in [5, 5.41) is 3.28. The minimum absolute atomic E-state index is 0.0554. The third kappa shape index (κ3) is 4.87. The second-order valence-electron chi connectivity index (χ2n) is 5.11. The highest BCUT2D eigenvalue weighted by molar-refractivity contribution is 7.89. The van der Waals surface area contributed by atoms with Crippen molar-refractivity contribution < 1.29 is 13.2 Å². The quantitative estimate of drug-likeness (QED) is 0.634. The second kappa shape index (κ2) is 7.63. The van der Waals surface area contributed by atoms with Gasteiger partial charge in [-0.1, -0.05) is 13.8 Å². The standard InChI is InChI=1S/C14H25N3O3S/c1-5-20-9-14(10(2)3)17-13-8-11(6-7-12(13)15)21(18,19)16-4/h6-8,10,14,16-17H,5,9,15H2,1-4H3. The summed E-state index contributed by atoms with van der Waals surface area (Å²) in [4.78, 5) is 0.181. The van der Waals surface area contributed by atoms with E-state index in [0.29, 0.717) is 30.5 Å². The molecule has 1 aromatic rings. The van der Waals surface area contributed by atoms with Gasteiger partial charge in [-0.2, -0.15) is 0 Å². The van der Waals surface area contributed by atoms with Crippen molar-refractivity contribution >= 4 is 21.4 Å². The molecule has 21 heavy (non-hydrogen) atoms. The minimum atomic E-state index is -3.49. The molecule has 0 aliphatic rings. The molecule has 7 heteroatoms. The number of nitrogens with one attached hydrogen (secondary N) is 2. The van der Waals surface area contributed by atoms with Gasteiger partial charge in [0.05, 0.1) is 28.9 Å². The summed E-state index contributed by atoms with van der Waals surface area (Å²) in [7, 11) is -2.11. The van der Waals surface area contributed by atoms with Gasteiger partial charge in [-0.05, 0) is 38.1 Å². The second-order valence-corrected chi connectivity index (χ2v) is 7.00. The lowest BCUT2D eigenvalue weighted by atomic mass is 10.0. The van der Waals surface area contributed by atoms with Gasteiger partial charge in [0.1, 0.15) is 0 Å². The summed E-state index contributed by atoms with van der Waals surface area (Å²) in [5.74, 6) is 0.320. The summed E-state index contributed by atoms with van der Waals surface area (Å²) in [6, 6.07) is 4.67. The van der Waals surface area contributed by atoms with Crippen molar-refractivity contribution in [3.63, 3.8) is 0 Å². The van der Waals surface area contributed by atoms with E-state index < -0.39 is 10.0 Å². The predicted octanol–water partition coefficient (Wildman–Crippen LogP) is 1.65. The summed E-state index contributed by atoms with van der Waals surface area (Å²) in [5.41, 5.74) is 7.04. The van der Waals surface area contributed by atoms with Gasteiger partial charge < -0.3 is 15.8 Å². The molecular formula is C14H25N3O3S. The summed E-state index contributed by atoms with van der Waals surface area (Å²) >= 11 is 0. The van der Waals surface area contributed by atoms with Crippen LogP contribution in [0.3, 0.4) is 0 Å². The number of hydrogen-bond donors (Lipinski definition) is 3. The summed E-state index contributed by atoms with van der Waals surface area (Å²) in [6.07, 6.45) is 0. The molecule has 0 heterocycles. The van der Waals surface area contributed by atoms with Gasteiger partial charge >= 0.3 is 0 Å². The topological polar surface area (TPSA) is 93.4 Å². The molecule has 1 unspecified atom stereocenters. The highest BCUT2D eigenvalue weighted by atomic mass is 32.2. The van der Waals surface area contributed by atoms with Crippen LogP contribution in [0.25, 0.3) is 0 Å². The van der Waals surface area contributed by atoms with Gasteiger partial charge in [0, 0.05) is 6.61 Å². The predicted molar refractivity (Wildman–Crippen MR) is 85.8 cm³/mol. The van der Waals surface area contributed by atoms with E-state index in [9.17, 15) is 8.42 Å². The first-order chi connectivity index (χ1) is 9.81. The van der Waals surface area contributed by atoms with Crippen molar-refractivity contribution in [1.82, 2.24) is 4.72 Å². The van der Waals surface area contributed by atoms with Gasteiger partial charge in [0.2, 0.25) is 10.0 Å². The zero-order valence-corrected chi connectivity index (χ0v) is 13.8. The number of rotatable bonds is 8. The Hall–Kier alpha value is -1.31. The number of sulfonamides is 1. The van der Waals surface area contributed by atoms with Gasteiger partial charge in [0.25, 0.3) is 0 Å². The van der Waals surface area contributed by atoms with Gasteiger partial charge in [-0.25, -0.2) is 13.1 Å². The first-order valence-electron chi connectivity index (χ1n) is 6.99. The van der Waals surface area contributed by atoms with Crippen LogP contribution in [-0.4, -0.2) is 34.7 Å². The number of anilines is 2. The average molecular weight is 315 g/mol. The lowest BCUT2D eigenvalue weighted by Gasteiger charge is -2.24. The molecule has 0 saturated heterocycles. The van der Waals surface area contributed by atoms with Crippen molar-refractivity contribution in [3.8, 4) is 0 Å². The molecule has 4 N–H and O–H groups in total. The van der Waals surface area contributed by atoms with Crippen molar-refractivity contribution in [2.75, 3.05) is 31.3 Å². The Morgan fingerprint density at radius 3 is 2.52 bits per heavy atom. The van der Waals surface area contributed by atoms with Gasteiger partial charge in [-0.3, -0.25) is 0 Å². The first-order valence-corrected chi connectivity index (χ1v) is 8.47. The lowest BCUT2D eigenvalue weighted by molar-refractivity contribution is 0.127. The Morgan fingerprint density at radius 2 is 2.00 bits per heavy atom. The van der Waals surface area contributed by atoms with Crippen LogP contribution in [0, 0.1) is 5.92 Å². The Bertz CT molecular complexity index is 559. The molecule has 0 aromatic heterocycles. The van der Waals surface area contributed by atoms with E-state index in [1.807, 2.05) is 6.92 Å². The van der Waals surface area contributed by atoms with Crippen LogP contribution in [0.15, 0.2) is 23.1 Å². The monoisotopic (exact) mass is 315 g/mol. The molecule has 0 spiro atoms. The fraction of sp³-hybridized carbons (Fsp3) is 0.571. The fourth-order valence-corrected chi connectivity index (χ4v) is 2.55. The van der Waals surface area contributed by atoms with Gasteiger partial charge in [-0.15, -0.1) is 0 Å². The van der Waals surface area contributed by atoms with Gasteiger partial charge in [0.15, 0.2) is 0 Å². The molecule has 0 aliphatic carbocycles. The maximum Gasteiger partial charge on any atom is 0.240 e. The van der Waals surface area contributed by atoms with Crippen LogP contribution < -0.4 is 15.8 Å². The Kier molecular flexibility index (Phi) is 6.44. The molecule has 0 bridgehead atoms. The summed E-state index contributed by atoms with van der Waals surface area (Å²) < 4.78 is 31.5. The molecule has 0 fully saturated rings. The van der Waals surface area contributed by atoms with Crippen LogP contribution in [0.4, 0.5) is 11.4 Å². The van der Waals surface area contributed by atoms with E-state index in [1.54, 1.807) is 12.1 Å². The number of benzene rings is 1. The third-order valence-corrected chi connectivity index (χ3v) is 4.66. The van der Waals surface area contributed by atoms with Crippen molar-refractivity contribution in [3.05, 3.63) is 18.2 Å². The molecule has 1 rings (SSSR count). The Labute approximate surface area is 127 Å². The van der Waals surface area contributed by atoms with Crippen molar-refractivity contribution in [1.29, 1.82) is 0 Å². The van der Waals surface area contributed by atoms with E-state index in [1.165, 1.54) is 13.1 Å². The largest absolute Gasteiger partial charge is 0.397 e. The van der Waals surface area contributed by atoms with Crippen LogP contribution in [0.5, 0.6) is 0 Å². The smallest absolute Gasteiger partial charge is 0.240 e. The molecule has 1 atom stereocenters. The van der Waals surface area contributed by atoms with E-state index >= 15 is 0 Å². The zero-order chi connectivity index (χ0) is 16.0. The minimum Gasteiger partial charge on any atom is -0.397 e. The molecule has 0 aliphatic heterocycles. The number of nitrogen functional groups attached to an aromatic ring is 1. The number of ether oxygens (including phenoxy) is 1. The molecular weight excluding hydrogens is 290 g/mol. The normalized spacial score (nSPS) is 13.4. The Balaban J connectivity index is 3.03. The number of hydrogen-bond acceptors (Lipinski definition) is 5. The summed E-state index contributed by atoms with van der Waals surface area (Å²) in [6.45, 7) is 7.25. The zero-order valence-electron chi connectivity index (χ0n) is 13.0. The van der Waals surface area contributed by atoms with Crippen molar-refractivity contribution in [2.24, 2.45) is 5.92 Å². The highest BCUT2D eigenvalue weighted by Gasteiger charge is 2.17. The Morgan fingerprint density at radius 1 is 1.33 bits per heavy atom. The maximum absolute atomic E-state index is 11.9. The van der Waals surface area contributed by atoms with Crippen LogP contribution in [-0.2, 0) is 14.8 Å². The molecule has 0 amide bonds. The fourth-order valence-electron chi connectivity index (χ4n) is 1.79. The van der Waals surface area contributed by atoms with E-state index in [0.717, 1.165) is 0 Å². The third-order valence-electron chi connectivity index (χ3n) is 3.25. The lowest BCUT2D eigenvalue weighted by Crippen LogP contribution is -2.31. The van der Waals surface area contributed by atoms with Crippen molar-refractivity contribution in [2.45, 2.75) is 31.7 Å². The van der Waals surface area contributed by atoms with E-state index in [4.69, 9.17) is 10.5 Å². The van der Waals surface area contributed by atoms with E-state index in [2.05, 4.69) is 23.9 Å².